The lowest BCUT2D eigenvalue weighted by Crippen LogP contribution is -2.49. The van der Waals surface area contributed by atoms with Crippen LogP contribution in [0.4, 0.5) is 0 Å². The van der Waals surface area contributed by atoms with Crippen LogP contribution in [0, 0.1) is 5.92 Å². The Labute approximate surface area is 177 Å². The standard InChI is InChI=1S/C18H38N4O2S.HI/c1-7-19-17(20-10-13-25(23,24)18(4,5)6)21-16-8-11-22(12-9-16)14-15(2)3;/h15-16H,7-14H2,1-6H3,(H2,19,20,21);1H. The zero-order valence-electron chi connectivity index (χ0n) is 17.3. The van der Waals surface area contributed by atoms with Gasteiger partial charge in [-0.3, -0.25) is 4.99 Å². The van der Waals surface area contributed by atoms with Gasteiger partial charge in [0.05, 0.1) is 17.0 Å². The summed E-state index contributed by atoms with van der Waals surface area (Å²) < 4.78 is 23.7. The van der Waals surface area contributed by atoms with Crippen molar-refractivity contribution >= 4 is 39.8 Å². The van der Waals surface area contributed by atoms with Crippen LogP contribution in [0.3, 0.4) is 0 Å². The van der Waals surface area contributed by atoms with Crippen LogP contribution in [0.1, 0.15) is 54.4 Å². The number of hydrogen-bond acceptors (Lipinski definition) is 4. The summed E-state index contributed by atoms with van der Waals surface area (Å²) >= 11 is 0. The van der Waals surface area contributed by atoms with Crippen molar-refractivity contribution in [1.82, 2.24) is 15.5 Å². The highest BCUT2D eigenvalue weighted by atomic mass is 127. The Hall–Kier alpha value is -0.0900. The minimum atomic E-state index is -3.13. The number of aliphatic imine (C=N–C) groups is 1. The SMILES string of the molecule is CCNC(=NCCS(=O)(=O)C(C)(C)C)NC1CCN(CC(C)C)CC1.I. The van der Waals surface area contributed by atoms with Crippen LogP contribution in [0.2, 0.25) is 0 Å². The molecular weight excluding hydrogens is 463 g/mol. The third kappa shape index (κ3) is 9.21. The first-order valence-corrected chi connectivity index (χ1v) is 11.2. The molecule has 1 aliphatic rings. The van der Waals surface area contributed by atoms with E-state index in [2.05, 4.69) is 34.4 Å². The van der Waals surface area contributed by atoms with Crippen LogP contribution in [0.25, 0.3) is 0 Å². The molecule has 0 saturated carbocycles. The fraction of sp³-hybridized carbons (Fsp3) is 0.944. The molecule has 1 heterocycles. The van der Waals surface area contributed by atoms with Crippen LogP contribution in [0.5, 0.6) is 0 Å². The quantitative estimate of drug-likeness (QED) is 0.318. The Bertz CT molecular complexity index is 522. The lowest BCUT2D eigenvalue weighted by Gasteiger charge is -2.34. The van der Waals surface area contributed by atoms with Gasteiger partial charge in [0, 0.05) is 32.2 Å². The Morgan fingerprint density at radius 3 is 2.27 bits per heavy atom. The summed E-state index contributed by atoms with van der Waals surface area (Å²) in [5.41, 5.74) is 0. The Morgan fingerprint density at radius 2 is 1.81 bits per heavy atom. The minimum Gasteiger partial charge on any atom is -0.357 e. The number of nitrogens with one attached hydrogen (secondary N) is 2. The van der Waals surface area contributed by atoms with Crippen molar-refractivity contribution in [2.45, 2.75) is 65.2 Å². The van der Waals surface area contributed by atoms with E-state index in [1.807, 2.05) is 6.92 Å². The summed E-state index contributed by atoms with van der Waals surface area (Å²) in [7, 11) is -3.13. The van der Waals surface area contributed by atoms with E-state index < -0.39 is 14.6 Å². The maximum absolute atomic E-state index is 12.2. The van der Waals surface area contributed by atoms with Gasteiger partial charge in [-0.2, -0.15) is 0 Å². The number of piperidine rings is 1. The fourth-order valence-corrected chi connectivity index (χ4v) is 3.82. The number of likely N-dealkylation sites (tertiary alicyclic amines) is 1. The zero-order chi connectivity index (χ0) is 19.1. The van der Waals surface area contributed by atoms with Crippen LogP contribution < -0.4 is 10.6 Å². The van der Waals surface area contributed by atoms with Crippen molar-refractivity contribution in [1.29, 1.82) is 0 Å². The molecule has 0 aromatic heterocycles. The molecule has 6 nitrogen and oxygen atoms in total. The third-order valence-electron chi connectivity index (χ3n) is 4.46. The van der Waals surface area contributed by atoms with Gasteiger partial charge >= 0.3 is 0 Å². The van der Waals surface area contributed by atoms with E-state index in [1.165, 1.54) is 0 Å². The summed E-state index contributed by atoms with van der Waals surface area (Å²) in [5.74, 6) is 1.52. The monoisotopic (exact) mass is 502 g/mol. The van der Waals surface area contributed by atoms with Gasteiger partial charge in [-0.15, -0.1) is 24.0 Å². The predicted octanol–water partition coefficient (Wildman–Crippen LogP) is 2.49. The molecule has 2 N–H and O–H groups in total. The van der Waals surface area contributed by atoms with Gasteiger partial charge in [0.2, 0.25) is 0 Å². The molecule has 156 valence electrons. The maximum Gasteiger partial charge on any atom is 0.191 e. The van der Waals surface area contributed by atoms with Gasteiger partial charge in [-0.1, -0.05) is 13.8 Å². The van der Waals surface area contributed by atoms with E-state index >= 15 is 0 Å². The van der Waals surface area contributed by atoms with Crippen LogP contribution in [0.15, 0.2) is 4.99 Å². The topological polar surface area (TPSA) is 73.8 Å². The van der Waals surface area contributed by atoms with Gasteiger partial charge in [0.25, 0.3) is 0 Å². The number of nitrogens with zero attached hydrogens (tertiary/aromatic N) is 2. The second kappa shape index (κ2) is 11.7. The van der Waals surface area contributed by atoms with Crippen molar-refractivity contribution in [3.05, 3.63) is 0 Å². The molecule has 0 amide bonds. The van der Waals surface area contributed by atoms with E-state index in [0.717, 1.165) is 45.0 Å². The number of halogens is 1. The highest BCUT2D eigenvalue weighted by Crippen LogP contribution is 2.15. The first kappa shape index (κ1) is 25.9. The largest absolute Gasteiger partial charge is 0.357 e. The Balaban J connectivity index is 0.00000625. The van der Waals surface area contributed by atoms with E-state index in [0.29, 0.717) is 18.5 Å². The molecule has 0 aromatic carbocycles. The molecular formula is C18H39IN4O2S. The summed E-state index contributed by atoms with van der Waals surface area (Å²) in [6.07, 6.45) is 2.19. The Morgan fingerprint density at radius 1 is 1.23 bits per heavy atom. The lowest BCUT2D eigenvalue weighted by molar-refractivity contribution is 0.187. The first-order chi connectivity index (χ1) is 11.5. The molecule has 0 aliphatic carbocycles. The molecule has 0 bridgehead atoms. The number of guanidine groups is 1. The van der Waals surface area contributed by atoms with Crippen LogP contribution in [-0.2, 0) is 9.84 Å². The molecule has 0 unspecified atom stereocenters. The van der Waals surface area contributed by atoms with Gasteiger partial charge in [0.1, 0.15) is 0 Å². The molecule has 0 radical (unpaired) electrons. The van der Waals surface area contributed by atoms with E-state index in [1.54, 1.807) is 20.8 Å². The lowest BCUT2D eigenvalue weighted by atomic mass is 10.0. The number of hydrogen-bond donors (Lipinski definition) is 2. The Kier molecular flexibility index (Phi) is 11.6. The molecule has 1 aliphatic heterocycles. The van der Waals surface area contributed by atoms with Crippen LogP contribution >= 0.6 is 24.0 Å². The van der Waals surface area contributed by atoms with Gasteiger partial charge in [-0.05, 0) is 46.5 Å². The maximum atomic E-state index is 12.2. The van der Waals surface area contributed by atoms with E-state index in [9.17, 15) is 8.42 Å². The molecule has 0 atom stereocenters. The average Bonchev–Trinajstić information content (AvgIpc) is 2.47. The highest BCUT2D eigenvalue weighted by Gasteiger charge is 2.28. The van der Waals surface area contributed by atoms with E-state index in [4.69, 9.17) is 0 Å². The van der Waals surface area contributed by atoms with Crippen molar-refractivity contribution in [2.75, 3.05) is 38.5 Å². The average molecular weight is 503 g/mol. The predicted molar refractivity (Wildman–Crippen MR) is 122 cm³/mol. The molecule has 1 rings (SSSR count). The molecule has 8 heteroatoms. The smallest absolute Gasteiger partial charge is 0.191 e. The highest BCUT2D eigenvalue weighted by molar-refractivity contribution is 14.0. The summed E-state index contributed by atoms with van der Waals surface area (Å²) in [6.45, 7) is 16.2. The second-order valence-corrected chi connectivity index (χ2v) is 11.2. The molecule has 1 saturated heterocycles. The first-order valence-electron chi connectivity index (χ1n) is 9.54. The number of sulfone groups is 1. The van der Waals surface area contributed by atoms with Gasteiger partial charge < -0.3 is 15.5 Å². The number of rotatable bonds is 7. The van der Waals surface area contributed by atoms with Gasteiger partial charge in [0.15, 0.2) is 15.8 Å². The molecule has 26 heavy (non-hydrogen) atoms. The van der Waals surface area contributed by atoms with Crippen molar-refractivity contribution < 1.29 is 8.42 Å². The summed E-state index contributed by atoms with van der Waals surface area (Å²) in [6, 6.07) is 0.403. The zero-order valence-corrected chi connectivity index (χ0v) is 20.5. The third-order valence-corrected chi connectivity index (χ3v) is 7.04. The van der Waals surface area contributed by atoms with Crippen molar-refractivity contribution in [2.24, 2.45) is 10.9 Å². The minimum absolute atomic E-state index is 0. The normalized spacial score (nSPS) is 17.9. The van der Waals surface area contributed by atoms with Crippen LogP contribution in [-0.4, -0.2) is 68.5 Å². The molecule has 0 spiro atoms. The summed E-state index contributed by atoms with van der Waals surface area (Å²) in [4.78, 5) is 6.99. The molecule has 0 aromatic rings. The second-order valence-electron chi connectivity index (χ2n) is 8.30. The van der Waals surface area contributed by atoms with Gasteiger partial charge in [-0.25, -0.2) is 8.42 Å². The van der Waals surface area contributed by atoms with Crippen molar-refractivity contribution in [3.8, 4) is 0 Å². The molecule has 1 fully saturated rings. The summed E-state index contributed by atoms with van der Waals surface area (Å²) in [5, 5.41) is 6.70. The fourth-order valence-electron chi connectivity index (χ4n) is 2.87. The van der Waals surface area contributed by atoms with E-state index in [-0.39, 0.29) is 29.7 Å². The van der Waals surface area contributed by atoms with Crippen molar-refractivity contribution in [3.63, 3.8) is 0 Å².